The monoisotopic (exact) mass is 378 g/mol. The molecule has 1 aromatic heterocycles. The molecule has 3 heterocycles. The second kappa shape index (κ2) is 8.74. The van der Waals surface area contributed by atoms with E-state index in [9.17, 15) is 4.79 Å². The van der Waals surface area contributed by atoms with E-state index in [1.807, 2.05) is 23.1 Å². The number of aryl methyl sites for hydroxylation is 1. The largest absolute Gasteiger partial charge is 0.355 e. The average Bonchev–Trinajstić information content (AvgIpc) is 3.03. The first-order valence-electron chi connectivity index (χ1n) is 10.5. The Morgan fingerprint density at radius 3 is 2.82 bits per heavy atom. The Balaban J connectivity index is 1.57. The second-order valence-electron chi connectivity index (χ2n) is 7.90. The summed E-state index contributed by atoms with van der Waals surface area (Å²) >= 11 is 0. The molecule has 2 aliphatic rings. The van der Waals surface area contributed by atoms with E-state index in [0.29, 0.717) is 5.69 Å². The normalized spacial score (nSPS) is 20.7. The fourth-order valence-electron chi connectivity index (χ4n) is 4.34. The Hall–Kier alpha value is -2.40. The summed E-state index contributed by atoms with van der Waals surface area (Å²) in [6.45, 7) is 6.83. The van der Waals surface area contributed by atoms with Crippen LogP contribution in [0.15, 0.2) is 42.5 Å². The third kappa shape index (κ3) is 4.20. The van der Waals surface area contributed by atoms with Crippen molar-refractivity contribution in [3.8, 4) is 0 Å². The van der Waals surface area contributed by atoms with Gasteiger partial charge in [0.2, 0.25) is 0 Å². The van der Waals surface area contributed by atoms with Gasteiger partial charge in [0, 0.05) is 26.2 Å². The molecular weight excluding hydrogens is 348 g/mol. The first-order valence-corrected chi connectivity index (χ1v) is 10.5. The first kappa shape index (κ1) is 18.9. The number of aromatic nitrogens is 1. The number of rotatable bonds is 3. The summed E-state index contributed by atoms with van der Waals surface area (Å²) in [4.78, 5) is 22.5. The van der Waals surface area contributed by atoms with Gasteiger partial charge in [0.15, 0.2) is 0 Å². The maximum Gasteiger partial charge on any atom is 0.273 e. The van der Waals surface area contributed by atoms with Crippen molar-refractivity contribution in [3.63, 3.8) is 0 Å². The number of hydrogen-bond donors (Lipinski definition) is 1. The molecule has 0 aliphatic carbocycles. The van der Waals surface area contributed by atoms with Gasteiger partial charge in [-0.1, -0.05) is 35.9 Å². The molecular formula is C23H30N4O. The summed E-state index contributed by atoms with van der Waals surface area (Å²) in [5, 5.41) is 3.42. The molecule has 0 radical (unpaired) electrons. The number of benzene rings is 1. The molecule has 1 unspecified atom stereocenters. The summed E-state index contributed by atoms with van der Waals surface area (Å²) in [6, 6.07) is 14.6. The van der Waals surface area contributed by atoms with Crippen molar-refractivity contribution < 1.29 is 4.79 Å². The number of hydrogen-bond acceptors (Lipinski definition) is 4. The van der Waals surface area contributed by atoms with Crippen LogP contribution in [0.25, 0.3) is 0 Å². The van der Waals surface area contributed by atoms with Crippen LogP contribution < -0.4 is 10.2 Å². The van der Waals surface area contributed by atoms with Crippen LogP contribution in [0.2, 0.25) is 0 Å². The van der Waals surface area contributed by atoms with Gasteiger partial charge in [-0.05, 0) is 56.8 Å². The van der Waals surface area contributed by atoms with Gasteiger partial charge in [-0.3, -0.25) is 4.79 Å². The molecule has 1 amide bonds. The molecule has 5 nitrogen and oxygen atoms in total. The lowest BCUT2D eigenvalue weighted by atomic mass is 9.94. The Labute approximate surface area is 167 Å². The lowest BCUT2D eigenvalue weighted by Crippen LogP contribution is -2.39. The number of carbonyl (C=O) groups is 1. The Morgan fingerprint density at radius 2 is 1.93 bits per heavy atom. The molecule has 2 aromatic rings. The van der Waals surface area contributed by atoms with Crippen molar-refractivity contribution in [1.29, 1.82) is 0 Å². The number of carbonyl (C=O) groups excluding carboxylic acids is 1. The van der Waals surface area contributed by atoms with Crippen molar-refractivity contribution in [2.24, 2.45) is 0 Å². The van der Waals surface area contributed by atoms with Gasteiger partial charge in [0.25, 0.3) is 5.91 Å². The molecule has 148 valence electrons. The number of likely N-dealkylation sites (tertiary alicyclic amines) is 1. The van der Waals surface area contributed by atoms with E-state index in [1.165, 1.54) is 11.1 Å². The highest BCUT2D eigenvalue weighted by atomic mass is 16.2. The average molecular weight is 379 g/mol. The van der Waals surface area contributed by atoms with E-state index in [1.54, 1.807) is 0 Å². The molecule has 2 aliphatic heterocycles. The summed E-state index contributed by atoms with van der Waals surface area (Å²) in [5.41, 5.74) is 3.04. The molecule has 0 saturated carbocycles. The van der Waals surface area contributed by atoms with Gasteiger partial charge in [-0.2, -0.15) is 0 Å². The summed E-state index contributed by atoms with van der Waals surface area (Å²) in [5.74, 6) is 0.972. The van der Waals surface area contributed by atoms with Gasteiger partial charge < -0.3 is 15.1 Å². The first-order chi connectivity index (χ1) is 13.7. The minimum Gasteiger partial charge on any atom is -0.355 e. The SMILES string of the molecule is Cc1cccc(C2CCCCN2C(=O)c2cccc(N3CCCNCC3)n2)c1. The summed E-state index contributed by atoms with van der Waals surface area (Å²) < 4.78 is 0. The third-order valence-corrected chi connectivity index (χ3v) is 5.81. The van der Waals surface area contributed by atoms with Crippen molar-refractivity contribution >= 4 is 11.7 Å². The highest BCUT2D eigenvalue weighted by Gasteiger charge is 2.29. The van der Waals surface area contributed by atoms with Crippen LogP contribution in [0, 0.1) is 6.92 Å². The highest BCUT2D eigenvalue weighted by molar-refractivity contribution is 5.93. The minimum absolute atomic E-state index is 0.0565. The van der Waals surface area contributed by atoms with E-state index in [2.05, 4.69) is 41.4 Å². The van der Waals surface area contributed by atoms with E-state index in [4.69, 9.17) is 4.98 Å². The van der Waals surface area contributed by atoms with Crippen LogP contribution in [-0.2, 0) is 0 Å². The van der Waals surface area contributed by atoms with Crippen LogP contribution in [-0.4, -0.2) is 48.5 Å². The molecule has 2 fully saturated rings. The highest BCUT2D eigenvalue weighted by Crippen LogP contribution is 2.32. The van der Waals surface area contributed by atoms with E-state index in [-0.39, 0.29) is 11.9 Å². The smallest absolute Gasteiger partial charge is 0.273 e. The Bertz CT molecular complexity index is 814. The number of amides is 1. The number of nitrogens with one attached hydrogen (secondary N) is 1. The molecule has 1 atom stereocenters. The van der Waals surface area contributed by atoms with Crippen molar-refractivity contribution in [2.45, 2.75) is 38.6 Å². The quantitative estimate of drug-likeness (QED) is 0.887. The second-order valence-corrected chi connectivity index (χ2v) is 7.90. The molecule has 0 spiro atoms. The molecule has 5 heteroatoms. The molecule has 2 saturated heterocycles. The van der Waals surface area contributed by atoms with Crippen LogP contribution in [0.5, 0.6) is 0 Å². The zero-order chi connectivity index (χ0) is 19.3. The number of anilines is 1. The maximum atomic E-state index is 13.4. The zero-order valence-electron chi connectivity index (χ0n) is 16.7. The molecule has 0 bridgehead atoms. The zero-order valence-corrected chi connectivity index (χ0v) is 16.7. The standard InChI is InChI=1S/C23H30N4O/c1-18-7-4-8-19(17-18)21-10-2-3-15-27(21)23(28)20-9-5-11-22(25-20)26-14-6-12-24-13-16-26/h4-5,7-9,11,17,21,24H,2-3,6,10,12-16H2,1H3. The fraction of sp³-hybridized carbons (Fsp3) is 0.478. The minimum atomic E-state index is 0.0565. The lowest BCUT2D eigenvalue weighted by molar-refractivity contribution is 0.0605. The van der Waals surface area contributed by atoms with Crippen LogP contribution in [0.1, 0.15) is 53.3 Å². The van der Waals surface area contributed by atoms with Crippen molar-refractivity contribution in [3.05, 3.63) is 59.3 Å². The van der Waals surface area contributed by atoms with E-state index in [0.717, 1.165) is 64.2 Å². The third-order valence-electron chi connectivity index (χ3n) is 5.81. The van der Waals surface area contributed by atoms with Gasteiger partial charge in [0.05, 0.1) is 6.04 Å². The van der Waals surface area contributed by atoms with Crippen LogP contribution >= 0.6 is 0 Å². The number of nitrogens with zero attached hydrogens (tertiary/aromatic N) is 3. The van der Waals surface area contributed by atoms with Crippen LogP contribution in [0.3, 0.4) is 0 Å². The molecule has 1 N–H and O–H groups in total. The predicted molar refractivity (Wildman–Crippen MR) is 113 cm³/mol. The molecule has 1 aromatic carbocycles. The summed E-state index contributed by atoms with van der Waals surface area (Å²) in [7, 11) is 0. The maximum absolute atomic E-state index is 13.4. The van der Waals surface area contributed by atoms with Crippen LogP contribution in [0.4, 0.5) is 5.82 Å². The number of piperidine rings is 1. The Kier molecular flexibility index (Phi) is 5.91. The van der Waals surface area contributed by atoms with Gasteiger partial charge >= 0.3 is 0 Å². The Morgan fingerprint density at radius 1 is 1.04 bits per heavy atom. The van der Waals surface area contributed by atoms with Gasteiger partial charge in [-0.15, -0.1) is 0 Å². The van der Waals surface area contributed by atoms with Crippen molar-refractivity contribution in [1.82, 2.24) is 15.2 Å². The van der Waals surface area contributed by atoms with Gasteiger partial charge in [-0.25, -0.2) is 4.98 Å². The predicted octanol–water partition coefficient (Wildman–Crippen LogP) is 3.56. The van der Waals surface area contributed by atoms with E-state index < -0.39 is 0 Å². The molecule has 4 rings (SSSR count). The van der Waals surface area contributed by atoms with Gasteiger partial charge in [0.1, 0.15) is 11.5 Å². The molecule has 28 heavy (non-hydrogen) atoms. The topological polar surface area (TPSA) is 48.5 Å². The summed E-state index contributed by atoms with van der Waals surface area (Å²) in [6.07, 6.45) is 4.34. The lowest BCUT2D eigenvalue weighted by Gasteiger charge is -2.36. The van der Waals surface area contributed by atoms with E-state index >= 15 is 0 Å². The number of pyridine rings is 1. The fourth-order valence-corrected chi connectivity index (χ4v) is 4.34. The van der Waals surface area contributed by atoms with Crippen molar-refractivity contribution in [2.75, 3.05) is 37.6 Å².